The number of aromatic nitrogens is 1. The van der Waals surface area contributed by atoms with E-state index in [2.05, 4.69) is 50.0 Å². The molecule has 6 nitrogen and oxygen atoms in total. The molecule has 39 heavy (non-hydrogen) atoms. The normalized spacial score (nSPS) is 21.2. The first-order valence-electron chi connectivity index (χ1n) is 13.6. The summed E-state index contributed by atoms with van der Waals surface area (Å²) in [5.41, 5.74) is 1.55. The van der Waals surface area contributed by atoms with Crippen LogP contribution in [0.15, 0.2) is 91.0 Å². The monoisotopic (exact) mass is 545 g/mol. The van der Waals surface area contributed by atoms with Gasteiger partial charge in [-0.25, -0.2) is 0 Å². The van der Waals surface area contributed by atoms with E-state index in [1.807, 2.05) is 66.7 Å². The third kappa shape index (κ3) is 5.35. The lowest BCUT2D eigenvalue weighted by Crippen LogP contribution is -2.67. The van der Waals surface area contributed by atoms with Crippen molar-refractivity contribution < 1.29 is 24.1 Å². The smallest absolute Gasteiger partial charge is 0.261 e. The summed E-state index contributed by atoms with van der Waals surface area (Å²) in [5, 5.41) is 26.0. The van der Waals surface area contributed by atoms with E-state index in [1.54, 1.807) is 13.8 Å². The molecule has 0 saturated carbocycles. The summed E-state index contributed by atoms with van der Waals surface area (Å²) >= 11 is 0. The van der Waals surface area contributed by atoms with E-state index in [9.17, 15) is 10.2 Å². The molecule has 3 N–H and O–H groups in total. The molecule has 1 aliphatic heterocycles. The summed E-state index contributed by atoms with van der Waals surface area (Å²) in [5.74, 6) is -0.972. The molecule has 2 heterocycles. The van der Waals surface area contributed by atoms with E-state index in [4.69, 9.17) is 13.9 Å². The number of rotatable bonds is 8. The minimum atomic E-state index is -2.86. The van der Waals surface area contributed by atoms with E-state index >= 15 is 0 Å². The highest BCUT2D eigenvalue weighted by atomic mass is 28.4. The standard InChI is InChI=1S/C32H39NO5Si/c1-31(2,3)39(23-15-8-6-9-16-23,24-17-10-7-11-18-24)36-21-27(34)29-30(38-32(4,5)37-29)28(35)26-20-22-14-12-13-19-25(22)33-26/h6-20,27-30,33-35H,21H2,1-5H3/t27-,28+,29-,30-/m1/s1. The molecule has 4 aromatic rings. The Morgan fingerprint density at radius 2 is 1.38 bits per heavy atom. The van der Waals surface area contributed by atoms with Crippen LogP contribution in [0.5, 0.6) is 0 Å². The average Bonchev–Trinajstić information content (AvgIpc) is 3.49. The Balaban J connectivity index is 1.45. The summed E-state index contributed by atoms with van der Waals surface area (Å²) < 4.78 is 19.3. The maximum absolute atomic E-state index is 11.6. The van der Waals surface area contributed by atoms with Crippen molar-refractivity contribution in [3.63, 3.8) is 0 Å². The van der Waals surface area contributed by atoms with Gasteiger partial charge >= 0.3 is 0 Å². The van der Waals surface area contributed by atoms with Gasteiger partial charge in [0, 0.05) is 11.2 Å². The Morgan fingerprint density at radius 3 is 1.95 bits per heavy atom. The zero-order chi connectivity index (χ0) is 27.8. The number of hydrogen-bond donors (Lipinski definition) is 3. The Morgan fingerprint density at radius 1 is 0.846 bits per heavy atom. The number of hydrogen-bond acceptors (Lipinski definition) is 5. The van der Waals surface area contributed by atoms with E-state index < -0.39 is 38.5 Å². The van der Waals surface area contributed by atoms with Crippen LogP contribution in [-0.2, 0) is 13.9 Å². The fourth-order valence-corrected chi connectivity index (χ4v) is 10.4. The molecule has 3 aromatic carbocycles. The van der Waals surface area contributed by atoms with Crippen LogP contribution in [0.1, 0.15) is 46.4 Å². The van der Waals surface area contributed by atoms with Crippen LogP contribution < -0.4 is 10.4 Å². The van der Waals surface area contributed by atoms with Crippen LogP contribution in [0, 0.1) is 0 Å². The number of benzene rings is 3. The van der Waals surface area contributed by atoms with Gasteiger partial charge in [0.2, 0.25) is 0 Å². The number of aromatic amines is 1. The third-order valence-electron chi connectivity index (χ3n) is 7.61. The molecule has 1 aliphatic rings. The van der Waals surface area contributed by atoms with E-state index in [0.29, 0.717) is 5.69 Å². The molecular weight excluding hydrogens is 506 g/mol. The predicted octanol–water partition coefficient (Wildman–Crippen LogP) is 4.66. The largest absolute Gasteiger partial charge is 0.405 e. The van der Waals surface area contributed by atoms with Gasteiger partial charge in [-0.15, -0.1) is 0 Å². The van der Waals surface area contributed by atoms with E-state index in [0.717, 1.165) is 21.3 Å². The minimum absolute atomic E-state index is 0.0350. The first-order valence-corrected chi connectivity index (χ1v) is 15.5. The second kappa shape index (κ2) is 10.7. The third-order valence-corrected chi connectivity index (χ3v) is 12.6. The van der Waals surface area contributed by atoms with Crippen LogP contribution in [0.4, 0.5) is 0 Å². The van der Waals surface area contributed by atoms with Crippen molar-refractivity contribution in [3.05, 3.63) is 96.7 Å². The Bertz CT molecular complexity index is 1310. The number of para-hydroxylation sites is 1. The van der Waals surface area contributed by atoms with Crippen molar-refractivity contribution in [1.82, 2.24) is 4.98 Å². The zero-order valence-corrected chi connectivity index (χ0v) is 24.3. The first-order chi connectivity index (χ1) is 18.5. The van der Waals surface area contributed by atoms with Crippen molar-refractivity contribution in [3.8, 4) is 0 Å². The number of H-pyrrole nitrogens is 1. The van der Waals surface area contributed by atoms with Gasteiger partial charge in [-0.05, 0) is 46.8 Å². The number of ether oxygens (including phenoxy) is 2. The highest BCUT2D eigenvalue weighted by Gasteiger charge is 2.53. The molecule has 7 heteroatoms. The van der Waals surface area contributed by atoms with Crippen LogP contribution in [-0.4, -0.2) is 54.2 Å². The summed E-state index contributed by atoms with van der Waals surface area (Å²) in [4.78, 5) is 3.29. The van der Waals surface area contributed by atoms with Gasteiger partial charge in [0.15, 0.2) is 5.79 Å². The van der Waals surface area contributed by atoms with Crippen molar-refractivity contribution in [1.29, 1.82) is 0 Å². The molecule has 1 saturated heterocycles. The van der Waals surface area contributed by atoms with E-state index in [-0.39, 0.29) is 11.6 Å². The van der Waals surface area contributed by atoms with Crippen molar-refractivity contribution in [2.24, 2.45) is 0 Å². The lowest BCUT2D eigenvalue weighted by Gasteiger charge is -2.43. The lowest BCUT2D eigenvalue weighted by atomic mass is 10.0. The van der Waals surface area contributed by atoms with Gasteiger partial charge in [0.25, 0.3) is 8.32 Å². The number of nitrogens with one attached hydrogen (secondary N) is 1. The number of fused-ring (bicyclic) bond motifs is 1. The quantitative estimate of drug-likeness (QED) is 0.281. The van der Waals surface area contributed by atoms with Crippen LogP contribution in [0.3, 0.4) is 0 Å². The fourth-order valence-electron chi connectivity index (χ4n) is 5.86. The van der Waals surface area contributed by atoms with Gasteiger partial charge in [-0.3, -0.25) is 0 Å². The Kier molecular flexibility index (Phi) is 7.58. The molecule has 0 bridgehead atoms. The topological polar surface area (TPSA) is 83.9 Å². The van der Waals surface area contributed by atoms with Crippen LogP contribution >= 0.6 is 0 Å². The molecule has 206 valence electrons. The molecule has 0 amide bonds. The van der Waals surface area contributed by atoms with Gasteiger partial charge in [-0.2, -0.15) is 0 Å². The summed E-state index contributed by atoms with van der Waals surface area (Å²) in [6.07, 6.45) is -3.63. The van der Waals surface area contributed by atoms with Crippen molar-refractivity contribution in [2.45, 2.75) is 69.9 Å². The Hall–Kier alpha value is -2.78. The van der Waals surface area contributed by atoms with Crippen molar-refractivity contribution >= 4 is 29.6 Å². The summed E-state index contributed by atoms with van der Waals surface area (Å²) in [6.45, 7) is 10.2. The first kappa shape index (κ1) is 27.8. The van der Waals surface area contributed by atoms with E-state index in [1.165, 1.54) is 0 Å². The maximum Gasteiger partial charge on any atom is 0.261 e. The minimum Gasteiger partial charge on any atom is -0.405 e. The summed E-state index contributed by atoms with van der Waals surface area (Å²) in [6, 6.07) is 30.4. The Labute approximate surface area is 231 Å². The molecule has 5 rings (SSSR count). The predicted molar refractivity (Wildman–Crippen MR) is 157 cm³/mol. The fraction of sp³-hybridized carbons (Fsp3) is 0.375. The number of aliphatic hydroxyl groups is 2. The van der Waals surface area contributed by atoms with Gasteiger partial charge in [0.1, 0.15) is 24.4 Å². The average molecular weight is 546 g/mol. The highest BCUT2D eigenvalue weighted by Crippen LogP contribution is 2.39. The van der Waals surface area contributed by atoms with Crippen LogP contribution in [0.2, 0.25) is 5.04 Å². The summed E-state index contributed by atoms with van der Waals surface area (Å²) in [7, 11) is -2.86. The molecular formula is C32H39NO5Si. The molecule has 0 unspecified atom stereocenters. The molecule has 1 fully saturated rings. The maximum atomic E-state index is 11.6. The molecule has 0 spiro atoms. The molecule has 1 aromatic heterocycles. The van der Waals surface area contributed by atoms with Crippen molar-refractivity contribution in [2.75, 3.05) is 6.61 Å². The number of aliphatic hydroxyl groups excluding tert-OH is 2. The lowest BCUT2D eigenvalue weighted by molar-refractivity contribution is -0.162. The zero-order valence-electron chi connectivity index (χ0n) is 23.3. The second-order valence-electron chi connectivity index (χ2n) is 11.9. The van der Waals surface area contributed by atoms with Gasteiger partial charge < -0.3 is 29.1 Å². The van der Waals surface area contributed by atoms with Gasteiger partial charge in [-0.1, -0.05) is 99.6 Å². The SMILES string of the molecule is CC1(C)O[C@H]([C@H](O)CO[Si](c2ccccc2)(c2ccccc2)C(C)(C)C)[C@@H]([C@@H](O)c2cc3ccccc3[nH]2)O1. The second-order valence-corrected chi connectivity index (χ2v) is 16.2. The highest BCUT2D eigenvalue weighted by molar-refractivity contribution is 6.99. The molecule has 0 radical (unpaired) electrons. The molecule has 4 atom stereocenters. The van der Waals surface area contributed by atoms with Crippen LogP contribution in [0.25, 0.3) is 10.9 Å². The van der Waals surface area contributed by atoms with Gasteiger partial charge in [0.05, 0.1) is 6.61 Å². The molecule has 0 aliphatic carbocycles.